The van der Waals surface area contributed by atoms with Gasteiger partial charge < -0.3 is 15.3 Å². The van der Waals surface area contributed by atoms with E-state index in [1.54, 1.807) is 6.07 Å². The molecule has 0 bridgehead atoms. The number of anilines is 1. The third kappa shape index (κ3) is 4.09. The third-order valence-electron chi connectivity index (χ3n) is 3.20. The lowest BCUT2D eigenvalue weighted by Gasteiger charge is -2.15. The normalized spacial score (nSPS) is 17.7. The summed E-state index contributed by atoms with van der Waals surface area (Å²) in [5, 5.41) is 20.8. The van der Waals surface area contributed by atoms with Gasteiger partial charge in [0.15, 0.2) is 0 Å². The zero-order valence-corrected chi connectivity index (χ0v) is 12.2. The third-order valence-corrected chi connectivity index (χ3v) is 3.49. The van der Waals surface area contributed by atoms with E-state index in [1.807, 2.05) is 0 Å². The Kier molecular flexibility index (Phi) is 5.18. The van der Waals surface area contributed by atoms with E-state index in [-0.39, 0.29) is 6.04 Å². The minimum Gasteiger partial charge on any atom is -0.465 e. The van der Waals surface area contributed by atoms with Crippen molar-refractivity contribution < 1.29 is 19.9 Å². The molecule has 2 amide bonds. The molecule has 0 aliphatic carbocycles. The van der Waals surface area contributed by atoms with Crippen molar-refractivity contribution >= 4 is 35.5 Å². The van der Waals surface area contributed by atoms with Crippen molar-refractivity contribution in [3.05, 3.63) is 28.9 Å². The van der Waals surface area contributed by atoms with Gasteiger partial charge >= 0.3 is 6.09 Å². The number of amides is 2. The molecule has 1 aromatic rings. The second-order valence-electron chi connectivity index (χ2n) is 4.77. The number of carbonyl (C=O) groups excluding carboxylic acids is 1. The molecule has 1 atom stereocenters. The number of rotatable bonds is 4. The molecule has 0 aromatic carbocycles. The number of hydrogen-bond donors (Lipinski definition) is 4. The fourth-order valence-electron chi connectivity index (χ4n) is 2.10. The highest BCUT2D eigenvalue weighted by atomic mass is 35.5. The van der Waals surface area contributed by atoms with Gasteiger partial charge in [0.25, 0.3) is 5.91 Å². The fraction of sp³-hybridized carbons (Fsp3) is 0.308. The summed E-state index contributed by atoms with van der Waals surface area (Å²) in [7, 11) is 0. The predicted molar refractivity (Wildman–Crippen MR) is 79.8 cm³/mol. The lowest BCUT2D eigenvalue weighted by atomic mass is 10.2. The molecule has 2 heterocycles. The Morgan fingerprint density at radius 3 is 2.86 bits per heavy atom. The first kappa shape index (κ1) is 16.1. The average molecular weight is 327 g/mol. The summed E-state index contributed by atoms with van der Waals surface area (Å²) < 4.78 is 0. The number of hydrogen-bond acceptors (Lipinski definition) is 5. The molecule has 22 heavy (non-hydrogen) atoms. The van der Waals surface area contributed by atoms with Crippen molar-refractivity contribution in [2.45, 2.75) is 12.5 Å². The Bertz CT molecular complexity index is 608. The lowest BCUT2D eigenvalue weighted by molar-refractivity contribution is -0.124. The predicted octanol–water partition coefficient (Wildman–Crippen LogP) is 1.42. The van der Waals surface area contributed by atoms with Crippen LogP contribution in [0.2, 0.25) is 5.02 Å². The van der Waals surface area contributed by atoms with Crippen molar-refractivity contribution in [2.75, 3.05) is 18.4 Å². The largest absolute Gasteiger partial charge is 0.465 e. The van der Waals surface area contributed by atoms with E-state index in [4.69, 9.17) is 21.9 Å². The molecule has 1 saturated heterocycles. The minimum atomic E-state index is -0.939. The van der Waals surface area contributed by atoms with Gasteiger partial charge in [-0.2, -0.15) is 0 Å². The Balaban J connectivity index is 2.00. The molecule has 4 N–H and O–H groups in total. The van der Waals surface area contributed by atoms with Crippen LogP contribution in [-0.2, 0) is 4.79 Å². The zero-order valence-electron chi connectivity index (χ0n) is 11.5. The van der Waals surface area contributed by atoms with E-state index in [0.717, 1.165) is 6.08 Å². The molecule has 0 unspecified atom stereocenters. The van der Waals surface area contributed by atoms with Gasteiger partial charge in [-0.05, 0) is 24.1 Å². The SMILES string of the molecule is O=C(C=Cc1cnc(N[C@@H]2CCN(C(=O)O)C2)c(Cl)c1)NO. The number of nitrogens with zero attached hydrogens (tertiary/aromatic N) is 2. The van der Waals surface area contributed by atoms with Gasteiger partial charge in [0.2, 0.25) is 0 Å². The molecule has 1 aliphatic rings. The Labute approximate surface area is 131 Å². The highest BCUT2D eigenvalue weighted by molar-refractivity contribution is 6.33. The quantitative estimate of drug-likeness (QED) is 0.378. The second kappa shape index (κ2) is 7.10. The first-order chi connectivity index (χ1) is 10.5. The van der Waals surface area contributed by atoms with E-state index >= 15 is 0 Å². The molecular weight excluding hydrogens is 312 g/mol. The summed E-state index contributed by atoms with van der Waals surface area (Å²) in [6.07, 6.45) is 3.85. The number of nitrogens with one attached hydrogen (secondary N) is 2. The minimum absolute atomic E-state index is 0.0392. The first-order valence-corrected chi connectivity index (χ1v) is 6.89. The fourth-order valence-corrected chi connectivity index (χ4v) is 2.33. The van der Waals surface area contributed by atoms with Crippen LogP contribution in [0.3, 0.4) is 0 Å². The first-order valence-electron chi connectivity index (χ1n) is 6.51. The van der Waals surface area contributed by atoms with Crippen LogP contribution in [0.25, 0.3) is 6.08 Å². The number of halogens is 1. The maximum absolute atomic E-state index is 10.9. The number of pyridine rings is 1. The van der Waals surface area contributed by atoms with E-state index in [0.29, 0.717) is 35.9 Å². The van der Waals surface area contributed by atoms with Crippen LogP contribution in [0.1, 0.15) is 12.0 Å². The summed E-state index contributed by atoms with van der Waals surface area (Å²) in [6.45, 7) is 0.855. The van der Waals surface area contributed by atoms with Gasteiger partial charge in [-0.15, -0.1) is 0 Å². The van der Waals surface area contributed by atoms with Crippen LogP contribution >= 0.6 is 11.6 Å². The van der Waals surface area contributed by atoms with E-state index in [1.165, 1.54) is 22.7 Å². The maximum Gasteiger partial charge on any atom is 0.407 e. The standard InChI is InChI=1S/C13H15ClN4O4/c14-10-5-8(1-2-11(19)17-22)6-15-12(10)16-9-3-4-18(7-9)13(20)21/h1-2,5-6,9,22H,3-4,7H2,(H,15,16)(H,17,19)(H,20,21)/t9-/m1/s1. The van der Waals surface area contributed by atoms with Crippen LogP contribution in [0.4, 0.5) is 10.6 Å². The van der Waals surface area contributed by atoms with Gasteiger partial charge in [0.1, 0.15) is 5.82 Å². The second-order valence-corrected chi connectivity index (χ2v) is 5.17. The van der Waals surface area contributed by atoms with Crippen LogP contribution in [0, 0.1) is 0 Å². The van der Waals surface area contributed by atoms with Crippen LogP contribution in [0.5, 0.6) is 0 Å². The Morgan fingerprint density at radius 1 is 1.50 bits per heavy atom. The van der Waals surface area contributed by atoms with E-state index in [9.17, 15) is 9.59 Å². The molecule has 0 spiro atoms. The number of carboxylic acid groups (broad SMARTS) is 1. The summed E-state index contributed by atoms with van der Waals surface area (Å²) in [5.74, 6) is -0.194. The molecule has 0 radical (unpaired) electrons. The maximum atomic E-state index is 10.9. The molecule has 9 heteroatoms. The number of likely N-dealkylation sites (tertiary alicyclic amines) is 1. The molecule has 1 aliphatic heterocycles. The number of aromatic nitrogens is 1. The topological polar surface area (TPSA) is 115 Å². The van der Waals surface area contributed by atoms with Crippen molar-refractivity contribution in [2.24, 2.45) is 0 Å². The van der Waals surface area contributed by atoms with Crippen LogP contribution < -0.4 is 10.8 Å². The molecule has 1 fully saturated rings. The molecule has 118 valence electrons. The molecular formula is C13H15ClN4O4. The van der Waals surface area contributed by atoms with Crippen molar-refractivity contribution in [1.82, 2.24) is 15.4 Å². The molecule has 0 saturated carbocycles. The number of carbonyl (C=O) groups is 2. The van der Waals surface area contributed by atoms with Gasteiger partial charge in [-0.25, -0.2) is 15.3 Å². The van der Waals surface area contributed by atoms with Gasteiger partial charge in [-0.1, -0.05) is 11.6 Å². The van der Waals surface area contributed by atoms with Gasteiger partial charge in [0.05, 0.1) is 5.02 Å². The smallest absolute Gasteiger partial charge is 0.407 e. The lowest BCUT2D eigenvalue weighted by Crippen LogP contribution is -2.30. The highest BCUT2D eigenvalue weighted by Crippen LogP contribution is 2.23. The molecule has 1 aromatic heterocycles. The average Bonchev–Trinajstić information content (AvgIpc) is 2.96. The summed E-state index contributed by atoms with van der Waals surface area (Å²) in [5.41, 5.74) is 2.07. The van der Waals surface area contributed by atoms with E-state index < -0.39 is 12.0 Å². The van der Waals surface area contributed by atoms with Crippen molar-refractivity contribution in [1.29, 1.82) is 0 Å². The summed E-state index contributed by atoms with van der Waals surface area (Å²) in [6, 6.07) is 1.57. The Hall–Kier alpha value is -2.32. The van der Waals surface area contributed by atoms with Crippen LogP contribution in [0.15, 0.2) is 18.3 Å². The zero-order chi connectivity index (χ0) is 16.1. The Morgan fingerprint density at radius 2 is 2.27 bits per heavy atom. The van der Waals surface area contributed by atoms with Crippen LogP contribution in [-0.4, -0.2) is 51.3 Å². The summed E-state index contributed by atoms with van der Waals surface area (Å²) in [4.78, 5) is 27.2. The van der Waals surface area contributed by atoms with Crippen molar-refractivity contribution in [3.8, 4) is 0 Å². The monoisotopic (exact) mass is 326 g/mol. The van der Waals surface area contributed by atoms with Crippen molar-refractivity contribution in [3.63, 3.8) is 0 Å². The highest BCUT2D eigenvalue weighted by Gasteiger charge is 2.26. The van der Waals surface area contributed by atoms with E-state index in [2.05, 4.69) is 10.3 Å². The van der Waals surface area contributed by atoms with Gasteiger partial charge in [-0.3, -0.25) is 10.0 Å². The van der Waals surface area contributed by atoms with Gasteiger partial charge in [0, 0.05) is 31.4 Å². The number of hydroxylamine groups is 1. The summed E-state index contributed by atoms with van der Waals surface area (Å²) >= 11 is 6.12. The molecule has 8 nitrogen and oxygen atoms in total. The molecule has 2 rings (SSSR count).